The van der Waals surface area contributed by atoms with Crippen LogP contribution in [-0.2, 0) is 27.7 Å². The van der Waals surface area contributed by atoms with E-state index in [1.165, 1.54) is 0 Å². The number of carbonyl (C=O) groups is 2. The molecule has 2 unspecified atom stereocenters. The number of rotatable bonds is 12. The maximum atomic E-state index is 13.4. The number of para-hydroxylation sites is 2. The number of aryl methyl sites for hydroxylation is 1. The molecular formula is C28H37N5O3S. The monoisotopic (exact) mass is 523 g/mol. The first-order valence-electron chi connectivity index (χ1n) is 12.3. The van der Waals surface area contributed by atoms with Gasteiger partial charge in [0.15, 0.2) is 11.5 Å². The Balaban J connectivity index is 1.99. The molecule has 8 nitrogen and oxygen atoms in total. The molecule has 0 bridgehead atoms. The molecule has 3 rings (SSSR count). The fourth-order valence-corrected chi connectivity index (χ4v) is 5.23. The van der Waals surface area contributed by atoms with Gasteiger partial charge in [-0.1, -0.05) is 48.5 Å². The summed E-state index contributed by atoms with van der Waals surface area (Å²) in [4.78, 5) is 26.6. The number of nitrogens with zero attached hydrogens (tertiary/aromatic N) is 3. The lowest BCUT2D eigenvalue weighted by Gasteiger charge is -2.33. The first-order chi connectivity index (χ1) is 17.7. The predicted molar refractivity (Wildman–Crippen MR) is 153 cm³/mol. The molecule has 0 fully saturated rings. The number of carbonyl (C=O) groups excluding carboxylic acids is 2. The second kappa shape index (κ2) is 12.9. The van der Waals surface area contributed by atoms with Gasteiger partial charge in [0.1, 0.15) is 5.69 Å². The van der Waals surface area contributed by atoms with Gasteiger partial charge in [-0.2, -0.15) is 4.31 Å². The molecule has 37 heavy (non-hydrogen) atoms. The Kier molecular flexibility index (Phi) is 9.93. The first-order valence-corrected chi connectivity index (χ1v) is 13.4. The second-order valence-electron chi connectivity index (χ2n) is 9.33. The molecule has 3 aromatic rings. The highest BCUT2D eigenvalue weighted by atomic mass is 32.2. The summed E-state index contributed by atoms with van der Waals surface area (Å²) in [5.74, 6) is -0.139. The van der Waals surface area contributed by atoms with Crippen LogP contribution in [0.1, 0.15) is 25.0 Å². The van der Waals surface area contributed by atoms with Gasteiger partial charge in [0.05, 0.1) is 24.8 Å². The average molecular weight is 524 g/mol. The van der Waals surface area contributed by atoms with Crippen molar-refractivity contribution < 1.29 is 14.1 Å². The molecule has 3 aromatic carbocycles. The molecule has 0 spiro atoms. The van der Waals surface area contributed by atoms with Gasteiger partial charge in [-0.3, -0.25) is 9.59 Å². The van der Waals surface area contributed by atoms with E-state index in [9.17, 15) is 14.1 Å². The third-order valence-electron chi connectivity index (χ3n) is 6.35. The molecule has 3 atom stereocenters. The highest BCUT2D eigenvalue weighted by molar-refractivity contribution is 7.90. The van der Waals surface area contributed by atoms with Gasteiger partial charge in [0.25, 0.3) is 0 Å². The van der Waals surface area contributed by atoms with Crippen molar-refractivity contribution in [2.45, 2.75) is 39.4 Å². The van der Waals surface area contributed by atoms with Crippen molar-refractivity contribution in [2.75, 3.05) is 36.9 Å². The molecule has 0 aliphatic heterocycles. The molecule has 0 aromatic heterocycles. The quantitative estimate of drug-likeness (QED) is 0.279. The first kappa shape index (κ1) is 28.5. The van der Waals surface area contributed by atoms with E-state index in [-0.39, 0.29) is 24.5 Å². The number of likely N-dealkylation sites (N-methyl/N-ethyl adjacent to an activating group) is 1. The highest BCUT2D eigenvalue weighted by Crippen LogP contribution is 2.33. The number of nitrogens with one attached hydrogen (secondary N) is 2. The zero-order valence-electron chi connectivity index (χ0n) is 22.4. The number of fused-ring (bicyclic) bond motifs is 1. The van der Waals surface area contributed by atoms with Crippen molar-refractivity contribution in [1.82, 2.24) is 14.9 Å². The maximum absolute atomic E-state index is 13.4. The number of hydrogen-bond acceptors (Lipinski definition) is 6. The molecule has 0 aliphatic carbocycles. The van der Waals surface area contributed by atoms with E-state index >= 15 is 0 Å². The van der Waals surface area contributed by atoms with E-state index < -0.39 is 11.5 Å². The van der Waals surface area contributed by atoms with E-state index in [0.29, 0.717) is 17.9 Å². The van der Waals surface area contributed by atoms with Gasteiger partial charge >= 0.3 is 0 Å². The van der Waals surface area contributed by atoms with E-state index in [1.54, 1.807) is 41.6 Å². The van der Waals surface area contributed by atoms with E-state index in [0.717, 1.165) is 28.3 Å². The van der Waals surface area contributed by atoms with Crippen molar-refractivity contribution in [1.29, 1.82) is 0 Å². The fourth-order valence-electron chi connectivity index (χ4n) is 4.16. The number of amides is 2. The molecule has 2 amide bonds. The minimum absolute atomic E-state index is 0.139. The summed E-state index contributed by atoms with van der Waals surface area (Å²) in [6.45, 7) is 6.34. The Bertz CT molecular complexity index is 1220. The summed E-state index contributed by atoms with van der Waals surface area (Å²) in [6.07, 6.45) is 0.816. The molecule has 9 heteroatoms. The topological polar surface area (TPSA) is 91.0 Å². The van der Waals surface area contributed by atoms with Crippen LogP contribution in [0, 0.1) is 6.92 Å². The standard InChI is InChI=1S/C28H37N5O3S/c1-20-15-16-23-11-7-8-12-24(23)25(20)18-32(19-34)26-13-9-10-14-27(26)33(37(36)31(5)6)17-21(2)30-28(35)22(3)29-4/h7-16,19,21-22,29H,17-18H2,1-6H3,(H,30,35)/t21?,22-,37?/m0/s1. The summed E-state index contributed by atoms with van der Waals surface area (Å²) in [6, 6.07) is 19.1. The van der Waals surface area contributed by atoms with Gasteiger partial charge in [0.2, 0.25) is 12.3 Å². The van der Waals surface area contributed by atoms with Crippen LogP contribution in [0.15, 0.2) is 60.7 Å². The molecule has 0 saturated heterocycles. The molecule has 0 heterocycles. The maximum Gasteiger partial charge on any atom is 0.237 e. The summed E-state index contributed by atoms with van der Waals surface area (Å²) in [5.41, 5.74) is 3.43. The van der Waals surface area contributed by atoms with Crippen molar-refractivity contribution in [3.63, 3.8) is 0 Å². The molecule has 198 valence electrons. The largest absolute Gasteiger partial charge is 0.573 e. The molecule has 0 aliphatic rings. The van der Waals surface area contributed by atoms with Crippen LogP contribution in [0.4, 0.5) is 11.4 Å². The van der Waals surface area contributed by atoms with Crippen LogP contribution in [-0.4, -0.2) is 60.9 Å². The van der Waals surface area contributed by atoms with E-state index in [2.05, 4.69) is 34.9 Å². The Morgan fingerprint density at radius 2 is 1.68 bits per heavy atom. The Morgan fingerprint density at radius 3 is 2.32 bits per heavy atom. The molecule has 0 saturated carbocycles. The third kappa shape index (κ3) is 6.81. The van der Waals surface area contributed by atoms with Crippen LogP contribution >= 0.6 is 0 Å². The van der Waals surface area contributed by atoms with Gasteiger partial charge in [-0.15, -0.1) is 4.31 Å². The van der Waals surface area contributed by atoms with Crippen molar-refractivity contribution in [3.05, 3.63) is 71.8 Å². The van der Waals surface area contributed by atoms with Gasteiger partial charge < -0.3 is 20.1 Å². The summed E-state index contributed by atoms with van der Waals surface area (Å²) >= 11 is -1.55. The van der Waals surface area contributed by atoms with Crippen LogP contribution < -0.4 is 19.8 Å². The lowest BCUT2D eigenvalue weighted by Crippen LogP contribution is -2.51. The predicted octanol–water partition coefficient (Wildman–Crippen LogP) is 3.37. The minimum Gasteiger partial charge on any atom is -0.573 e. The lowest BCUT2D eigenvalue weighted by molar-refractivity contribution is -0.123. The van der Waals surface area contributed by atoms with Gasteiger partial charge in [-0.25, -0.2) is 0 Å². The van der Waals surface area contributed by atoms with Crippen molar-refractivity contribution >= 4 is 46.0 Å². The van der Waals surface area contributed by atoms with Crippen LogP contribution in [0.2, 0.25) is 0 Å². The molecular weight excluding hydrogens is 486 g/mol. The fraction of sp³-hybridized carbons (Fsp3) is 0.357. The van der Waals surface area contributed by atoms with Crippen molar-refractivity contribution in [3.8, 4) is 0 Å². The van der Waals surface area contributed by atoms with E-state index in [1.807, 2.05) is 50.2 Å². The van der Waals surface area contributed by atoms with Crippen molar-refractivity contribution in [2.24, 2.45) is 0 Å². The zero-order valence-corrected chi connectivity index (χ0v) is 23.2. The Labute approximate surface area is 223 Å². The summed E-state index contributed by atoms with van der Waals surface area (Å²) in [5, 5.41) is 8.11. The molecule has 0 radical (unpaired) electrons. The normalized spacial score (nSPS) is 13.7. The van der Waals surface area contributed by atoms with Gasteiger partial charge in [-0.05, 0) is 61.9 Å². The Hall–Kier alpha value is -3.11. The SMILES string of the molecule is CN[C@@H](C)C(=O)NC(C)CN(c1ccccc1N(C=O)Cc1c(C)ccc2ccccc12)[S+]([O-])N(C)C. The second-order valence-corrected chi connectivity index (χ2v) is 11.0. The molecule has 2 N–H and O–H groups in total. The summed E-state index contributed by atoms with van der Waals surface area (Å²) in [7, 11) is 5.19. The third-order valence-corrected chi connectivity index (χ3v) is 7.69. The number of benzene rings is 3. The Morgan fingerprint density at radius 1 is 1.03 bits per heavy atom. The number of hydrogen-bond donors (Lipinski definition) is 2. The summed E-state index contributed by atoms with van der Waals surface area (Å²) < 4.78 is 16.8. The minimum atomic E-state index is -1.55. The highest BCUT2D eigenvalue weighted by Gasteiger charge is 2.30. The van der Waals surface area contributed by atoms with E-state index in [4.69, 9.17) is 0 Å². The zero-order chi connectivity index (χ0) is 27.1. The van der Waals surface area contributed by atoms with Crippen LogP contribution in [0.25, 0.3) is 10.8 Å². The smallest absolute Gasteiger partial charge is 0.237 e. The van der Waals surface area contributed by atoms with Crippen LogP contribution in [0.5, 0.6) is 0 Å². The average Bonchev–Trinajstić information content (AvgIpc) is 2.90. The number of anilines is 2. The van der Waals surface area contributed by atoms with Gasteiger partial charge in [0, 0.05) is 20.1 Å². The lowest BCUT2D eigenvalue weighted by atomic mass is 9.99. The van der Waals surface area contributed by atoms with Crippen LogP contribution in [0.3, 0.4) is 0 Å².